The molecule has 0 atom stereocenters. The number of aromatic nitrogens is 1. The molecule has 5 nitrogen and oxygen atoms in total. The van der Waals surface area contributed by atoms with Crippen molar-refractivity contribution in [3.05, 3.63) is 57.9 Å². The SMILES string of the molecule is CCn1c(C)cc(/C=C2\C(=O)NC(=S)N(c3cc(C)cc(C)c3)C2=O)c1C. The Morgan fingerprint density at radius 3 is 2.22 bits per heavy atom. The minimum Gasteiger partial charge on any atom is -0.349 e. The molecule has 1 aromatic heterocycles. The molecule has 27 heavy (non-hydrogen) atoms. The van der Waals surface area contributed by atoms with E-state index in [1.54, 1.807) is 6.08 Å². The summed E-state index contributed by atoms with van der Waals surface area (Å²) in [7, 11) is 0. The zero-order valence-electron chi connectivity index (χ0n) is 16.2. The second-order valence-electron chi connectivity index (χ2n) is 6.87. The summed E-state index contributed by atoms with van der Waals surface area (Å²) in [5.41, 5.74) is 5.76. The maximum absolute atomic E-state index is 13.1. The van der Waals surface area contributed by atoms with Crippen molar-refractivity contribution in [3.63, 3.8) is 0 Å². The van der Waals surface area contributed by atoms with Crippen LogP contribution >= 0.6 is 12.2 Å². The van der Waals surface area contributed by atoms with Crippen LogP contribution in [0.2, 0.25) is 0 Å². The molecule has 0 saturated carbocycles. The van der Waals surface area contributed by atoms with Gasteiger partial charge in [0.25, 0.3) is 11.8 Å². The largest absolute Gasteiger partial charge is 0.349 e. The van der Waals surface area contributed by atoms with E-state index in [9.17, 15) is 9.59 Å². The molecular weight excluding hydrogens is 358 g/mol. The highest BCUT2D eigenvalue weighted by Crippen LogP contribution is 2.25. The number of benzene rings is 1. The number of amides is 2. The second-order valence-corrected chi connectivity index (χ2v) is 7.26. The van der Waals surface area contributed by atoms with Gasteiger partial charge in [-0.15, -0.1) is 0 Å². The molecule has 1 N–H and O–H groups in total. The number of aryl methyl sites for hydroxylation is 3. The predicted octanol–water partition coefficient (Wildman–Crippen LogP) is 3.57. The first-order valence-corrected chi connectivity index (χ1v) is 9.30. The summed E-state index contributed by atoms with van der Waals surface area (Å²) < 4.78 is 2.14. The number of rotatable bonds is 3. The van der Waals surface area contributed by atoms with Gasteiger partial charge in [0, 0.05) is 17.9 Å². The van der Waals surface area contributed by atoms with Crippen LogP contribution in [-0.4, -0.2) is 21.5 Å². The molecule has 1 aliphatic rings. The summed E-state index contributed by atoms with van der Waals surface area (Å²) in [5.74, 6) is -0.873. The minimum atomic E-state index is -0.466. The van der Waals surface area contributed by atoms with Gasteiger partial charge in [-0.05, 0) is 87.8 Å². The molecule has 0 radical (unpaired) electrons. The number of hydrogen-bond donors (Lipinski definition) is 1. The van der Waals surface area contributed by atoms with Crippen molar-refractivity contribution in [2.45, 2.75) is 41.2 Å². The van der Waals surface area contributed by atoms with Gasteiger partial charge in [0.1, 0.15) is 5.57 Å². The molecule has 2 amide bonds. The number of anilines is 1. The predicted molar refractivity (Wildman–Crippen MR) is 112 cm³/mol. The van der Waals surface area contributed by atoms with Gasteiger partial charge in [-0.2, -0.15) is 0 Å². The molecule has 1 aliphatic heterocycles. The Balaban J connectivity index is 2.07. The molecule has 1 fully saturated rings. The van der Waals surface area contributed by atoms with Gasteiger partial charge in [-0.3, -0.25) is 19.8 Å². The van der Waals surface area contributed by atoms with E-state index in [1.807, 2.05) is 52.0 Å². The van der Waals surface area contributed by atoms with Gasteiger partial charge in [0.15, 0.2) is 5.11 Å². The lowest BCUT2D eigenvalue weighted by Gasteiger charge is -2.29. The topological polar surface area (TPSA) is 54.3 Å². The van der Waals surface area contributed by atoms with Crippen LogP contribution in [0.4, 0.5) is 5.69 Å². The lowest BCUT2D eigenvalue weighted by molar-refractivity contribution is -0.122. The number of hydrogen-bond acceptors (Lipinski definition) is 3. The number of carbonyl (C=O) groups is 2. The number of nitrogens with one attached hydrogen (secondary N) is 1. The molecule has 1 aromatic carbocycles. The fourth-order valence-electron chi connectivity index (χ4n) is 3.59. The molecular formula is C21H23N3O2S. The fraction of sp³-hybridized carbons (Fsp3) is 0.286. The Morgan fingerprint density at radius 1 is 1.04 bits per heavy atom. The summed E-state index contributed by atoms with van der Waals surface area (Å²) >= 11 is 5.28. The Morgan fingerprint density at radius 2 is 1.67 bits per heavy atom. The molecule has 140 valence electrons. The van der Waals surface area contributed by atoms with Crippen molar-refractivity contribution in [3.8, 4) is 0 Å². The molecule has 2 heterocycles. The first-order valence-electron chi connectivity index (χ1n) is 8.89. The summed E-state index contributed by atoms with van der Waals surface area (Å²) in [6, 6.07) is 7.78. The molecule has 0 bridgehead atoms. The van der Waals surface area contributed by atoms with E-state index in [0.717, 1.165) is 34.6 Å². The van der Waals surface area contributed by atoms with Crippen LogP contribution in [0.25, 0.3) is 6.08 Å². The zero-order valence-corrected chi connectivity index (χ0v) is 17.0. The Bertz CT molecular complexity index is 981. The number of nitrogens with zero attached hydrogens (tertiary/aromatic N) is 2. The van der Waals surface area contributed by atoms with Crippen LogP contribution < -0.4 is 10.2 Å². The van der Waals surface area contributed by atoms with Gasteiger partial charge >= 0.3 is 0 Å². The van der Waals surface area contributed by atoms with Gasteiger partial charge < -0.3 is 4.57 Å². The van der Waals surface area contributed by atoms with Crippen molar-refractivity contribution in [2.24, 2.45) is 0 Å². The number of carbonyl (C=O) groups excluding carboxylic acids is 2. The van der Waals surface area contributed by atoms with Gasteiger partial charge in [-0.1, -0.05) is 6.07 Å². The average molecular weight is 382 g/mol. The van der Waals surface area contributed by atoms with E-state index in [2.05, 4.69) is 16.8 Å². The molecule has 3 rings (SSSR count). The van der Waals surface area contributed by atoms with Crippen LogP contribution in [0.5, 0.6) is 0 Å². The standard InChI is InChI=1S/C21H23N3O2S/c1-6-23-14(4)10-16(15(23)5)11-18-19(25)22-21(27)24(20(18)26)17-8-12(2)7-13(3)9-17/h7-11H,6H2,1-5H3,(H,22,25,27)/b18-11+. The molecule has 2 aromatic rings. The van der Waals surface area contributed by atoms with E-state index in [-0.39, 0.29) is 10.7 Å². The molecule has 0 unspecified atom stereocenters. The fourth-order valence-corrected chi connectivity index (χ4v) is 3.87. The third-order valence-electron chi connectivity index (χ3n) is 4.80. The lowest BCUT2D eigenvalue weighted by atomic mass is 10.1. The van der Waals surface area contributed by atoms with Crippen LogP contribution in [-0.2, 0) is 16.1 Å². The second kappa shape index (κ2) is 7.12. The van der Waals surface area contributed by atoms with Crippen LogP contribution in [0.15, 0.2) is 29.8 Å². The van der Waals surface area contributed by atoms with E-state index in [1.165, 1.54) is 4.90 Å². The normalized spacial score (nSPS) is 16.3. The summed E-state index contributed by atoms with van der Waals surface area (Å²) in [6.07, 6.45) is 1.66. The quantitative estimate of drug-likeness (QED) is 0.502. The van der Waals surface area contributed by atoms with E-state index in [0.29, 0.717) is 5.69 Å². The third kappa shape index (κ3) is 3.45. The van der Waals surface area contributed by atoms with Crippen molar-refractivity contribution < 1.29 is 9.59 Å². The van der Waals surface area contributed by atoms with Gasteiger partial charge in [0.2, 0.25) is 0 Å². The third-order valence-corrected chi connectivity index (χ3v) is 5.08. The Kier molecular flexibility index (Phi) is 5.02. The minimum absolute atomic E-state index is 0.0825. The highest BCUT2D eigenvalue weighted by atomic mass is 32.1. The van der Waals surface area contributed by atoms with Crippen LogP contribution in [0.1, 0.15) is 35.0 Å². The summed E-state index contributed by atoms with van der Waals surface area (Å²) in [4.78, 5) is 27.0. The maximum Gasteiger partial charge on any atom is 0.270 e. The van der Waals surface area contributed by atoms with Crippen molar-refractivity contribution in [2.75, 3.05) is 4.90 Å². The Hall–Kier alpha value is -2.73. The molecule has 6 heteroatoms. The van der Waals surface area contributed by atoms with Crippen LogP contribution in [0.3, 0.4) is 0 Å². The van der Waals surface area contributed by atoms with E-state index < -0.39 is 11.8 Å². The van der Waals surface area contributed by atoms with Crippen molar-refractivity contribution in [1.82, 2.24) is 9.88 Å². The monoisotopic (exact) mass is 381 g/mol. The van der Waals surface area contributed by atoms with Crippen molar-refractivity contribution in [1.29, 1.82) is 0 Å². The van der Waals surface area contributed by atoms with Gasteiger partial charge in [0.05, 0.1) is 5.69 Å². The maximum atomic E-state index is 13.1. The van der Waals surface area contributed by atoms with E-state index in [4.69, 9.17) is 12.2 Å². The first-order chi connectivity index (χ1) is 12.7. The van der Waals surface area contributed by atoms with Gasteiger partial charge in [-0.25, -0.2) is 0 Å². The summed E-state index contributed by atoms with van der Waals surface area (Å²) in [5, 5.41) is 2.75. The van der Waals surface area contributed by atoms with E-state index >= 15 is 0 Å². The average Bonchev–Trinajstić information content (AvgIpc) is 2.83. The smallest absolute Gasteiger partial charge is 0.270 e. The summed E-state index contributed by atoms with van der Waals surface area (Å²) in [6.45, 7) is 10.8. The molecule has 1 saturated heterocycles. The highest BCUT2D eigenvalue weighted by molar-refractivity contribution is 7.80. The molecule has 0 spiro atoms. The number of thiocarbonyl (C=S) groups is 1. The molecule has 0 aliphatic carbocycles. The lowest BCUT2D eigenvalue weighted by Crippen LogP contribution is -2.54. The van der Waals surface area contributed by atoms with Crippen LogP contribution in [0, 0.1) is 27.7 Å². The highest BCUT2D eigenvalue weighted by Gasteiger charge is 2.34. The Labute approximate surface area is 164 Å². The zero-order chi connectivity index (χ0) is 19.9. The van der Waals surface area contributed by atoms with Crippen molar-refractivity contribution >= 4 is 40.9 Å². The first kappa shape index (κ1) is 19.0.